The number of ether oxygens (including phenoxy) is 1. The van der Waals surface area contributed by atoms with E-state index >= 15 is 0 Å². The third-order valence-electron chi connectivity index (χ3n) is 3.26. The maximum atomic E-state index is 13.4. The van der Waals surface area contributed by atoms with Gasteiger partial charge in [0, 0.05) is 29.1 Å². The molecule has 0 radical (unpaired) electrons. The van der Waals surface area contributed by atoms with Crippen molar-refractivity contribution in [2.24, 2.45) is 0 Å². The maximum Gasteiger partial charge on any atom is 0.142 e. The molecule has 0 saturated carbocycles. The van der Waals surface area contributed by atoms with Gasteiger partial charge in [-0.25, -0.2) is 4.39 Å². The lowest BCUT2D eigenvalue weighted by Crippen LogP contribution is -1.98. The van der Waals surface area contributed by atoms with Crippen LogP contribution in [0.5, 0.6) is 5.75 Å². The third-order valence-corrected chi connectivity index (χ3v) is 3.26. The molecule has 1 heterocycles. The molecule has 3 nitrogen and oxygen atoms in total. The van der Waals surface area contributed by atoms with Crippen molar-refractivity contribution in [3.05, 3.63) is 78.4 Å². The summed E-state index contributed by atoms with van der Waals surface area (Å²) in [7, 11) is 0. The maximum absolute atomic E-state index is 13.4. The molecule has 1 aromatic heterocycles. The topological polar surface area (TPSA) is 48.1 Å². The SMILES string of the molecule is Nc1ccc(-c2cncc(F)c2)c(OCc2ccccc2)c1. The number of nitrogen functional groups attached to an aromatic ring is 1. The molecule has 2 N–H and O–H groups in total. The van der Waals surface area contributed by atoms with E-state index in [1.807, 2.05) is 36.4 Å². The van der Waals surface area contributed by atoms with E-state index < -0.39 is 0 Å². The first kappa shape index (κ1) is 14.1. The molecule has 0 aliphatic rings. The Morgan fingerprint density at radius 3 is 2.59 bits per heavy atom. The average Bonchev–Trinajstić information content (AvgIpc) is 2.54. The van der Waals surface area contributed by atoms with Crippen LogP contribution in [0, 0.1) is 5.82 Å². The summed E-state index contributed by atoms with van der Waals surface area (Å²) < 4.78 is 19.3. The van der Waals surface area contributed by atoms with Crippen molar-refractivity contribution in [3.63, 3.8) is 0 Å². The normalized spacial score (nSPS) is 10.4. The van der Waals surface area contributed by atoms with Gasteiger partial charge in [0.05, 0.1) is 6.20 Å². The summed E-state index contributed by atoms with van der Waals surface area (Å²) in [6.07, 6.45) is 2.77. The molecular weight excluding hydrogens is 279 g/mol. The minimum absolute atomic E-state index is 0.386. The summed E-state index contributed by atoms with van der Waals surface area (Å²) in [5, 5.41) is 0. The Morgan fingerprint density at radius 2 is 1.82 bits per heavy atom. The molecule has 3 aromatic rings. The largest absolute Gasteiger partial charge is 0.488 e. The molecule has 0 aliphatic carbocycles. The molecule has 0 spiro atoms. The molecule has 0 unspecified atom stereocenters. The number of pyridine rings is 1. The number of rotatable bonds is 4. The first-order valence-corrected chi connectivity index (χ1v) is 6.89. The van der Waals surface area contributed by atoms with Crippen LogP contribution in [0.25, 0.3) is 11.1 Å². The zero-order valence-corrected chi connectivity index (χ0v) is 11.9. The van der Waals surface area contributed by atoms with Crippen LogP contribution in [-0.2, 0) is 6.61 Å². The summed E-state index contributed by atoms with van der Waals surface area (Å²) in [5.74, 6) is 0.222. The second-order valence-electron chi connectivity index (χ2n) is 4.92. The third kappa shape index (κ3) is 3.23. The van der Waals surface area contributed by atoms with E-state index in [9.17, 15) is 4.39 Å². The van der Waals surface area contributed by atoms with Crippen LogP contribution in [0.3, 0.4) is 0 Å². The summed E-state index contributed by atoms with van der Waals surface area (Å²) >= 11 is 0. The standard InChI is InChI=1S/C18H15FN2O/c19-15-8-14(10-21-11-15)17-7-6-16(20)9-18(17)22-12-13-4-2-1-3-5-13/h1-11H,12,20H2. The van der Waals surface area contributed by atoms with Gasteiger partial charge in [-0.15, -0.1) is 0 Å². The predicted molar refractivity (Wildman–Crippen MR) is 84.8 cm³/mol. The van der Waals surface area contributed by atoms with E-state index in [2.05, 4.69) is 4.98 Å². The van der Waals surface area contributed by atoms with E-state index in [4.69, 9.17) is 10.5 Å². The lowest BCUT2D eigenvalue weighted by atomic mass is 10.1. The van der Waals surface area contributed by atoms with E-state index in [0.717, 1.165) is 11.1 Å². The van der Waals surface area contributed by atoms with Crippen molar-refractivity contribution in [3.8, 4) is 16.9 Å². The minimum Gasteiger partial charge on any atom is -0.488 e. The van der Waals surface area contributed by atoms with Crippen LogP contribution in [0.2, 0.25) is 0 Å². The predicted octanol–water partition coefficient (Wildman–Crippen LogP) is 4.05. The Bertz CT molecular complexity index is 775. The molecule has 0 aliphatic heterocycles. The molecular formula is C18H15FN2O. The lowest BCUT2D eigenvalue weighted by Gasteiger charge is -2.12. The monoisotopic (exact) mass is 294 g/mol. The fourth-order valence-electron chi connectivity index (χ4n) is 2.19. The molecule has 22 heavy (non-hydrogen) atoms. The van der Waals surface area contributed by atoms with Crippen molar-refractivity contribution in [1.82, 2.24) is 4.98 Å². The Morgan fingerprint density at radius 1 is 1.00 bits per heavy atom. The Labute approximate surface area is 128 Å². The Hall–Kier alpha value is -2.88. The number of hydrogen-bond acceptors (Lipinski definition) is 3. The number of aromatic nitrogens is 1. The highest BCUT2D eigenvalue weighted by atomic mass is 19.1. The van der Waals surface area contributed by atoms with Crippen molar-refractivity contribution in [2.45, 2.75) is 6.61 Å². The Balaban J connectivity index is 1.91. The Kier molecular flexibility index (Phi) is 4.01. The summed E-state index contributed by atoms with van der Waals surface area (Å²) in [5.41, 5.74) is 8.89. The molecule has 0 saturated heterocycles. The second kappa shape index (κ2) is 6.26. The number of anilines is 1. The van der Waals surface area contributed by atoms with E-state index in [1.165, 1.54) is 12.3 Å². The second-order valence-corrected chi connectivity index (χ2v) is 4.92. The fraction of sp³-hybridized carbons (Fsp3) is 0.0556. The molecule has 3 rings (SSSR count). The zero-order chi connectivity index (χ0) is 15.4. The van der Waals surface area contributed by atoms with Crippen LogP contribution in [0.4, 0.5) is 10.1 Å². The van der Waals surface area contributed by atoms with Crippen molar-refractivity contribution >= 4 is 5.69 Å². The first-order chi connectivity index (χ1) is 10.7. The van der Waals surface area contributed by atoms with Crippen LogP contribution < -0.4 is 10.5 Å². The van der Waals surface area contributed by atoms with Gasteiger partial charge in [0.1, 0.15) is 18.2 Å². The highest BCUT2D eigenvalue weighted by molar-refractivity contribution is 5.72. The number of benzene rings is 2. The fourth-order valence-corrected chi connectivity index (χ4v) is 2.19. The van der Waals surface area contributed by atoms with Gasteiger partial charge in [-0.05, 0) is 23.8 Å². The lowest BCUT2D eigenvalue weighted by molar-refractivity contribution is 0.307. The van der Waals surface area contributed by atoms with Gasteiger partial charge in [-0.3, -0.25) is 4.98 Å². The zero-order valence-electron chi connectivity index (χ0n) is 11.9. The van der Waals surface area contributed by atoms with E-state index in [0.29, 0.717) is 23.6 Å². The van der Waals surface area contributed by atoms with Crippen molar-refractivity contribution < 1.29 is 9.13 Å². The van der Waals surface area contributed by atoms with Crippen LogP contribution >= 0.6 is 0 Å². The van der Waals surface area contributed by atoms with Gasteiger partial charge >= 0.3 is 0 Å². The number of hydrogen-bond donors (Lipinski definition) is 1. The number of nitrogens with two attached hydrogens (primary N) is 1. The van der Waals surface area contributed by atoms with E-state index in [1.54, 1.807) is 18.3 Å². The number of halogens is 1. The van der Waals surface area contributed by atoms with Gasteiger partial charge in [0.2, 0.25) is 0 Å². The molecule has 0 bridgehead atoms. The van der Waals surface area contributed by atoms with Gasteiger partial charge < -0.3 is 10.5 Å². The molecule has 110 valence electrons. The van der Waals surface area contributed by atoms with Crippen LogP contribution in [-0.4, -0.2) is 4.98 Å². The molecule has 2 aromatic carbocycles. The van der Waals surface area contributed by atoms with Gasteiger partial charge in [0.15, 0.2) is 0 Å². The van der Waals surface area contributed by atoms with Gasteiger partial charge in [0.25, 0.3) is 0 Å². The number of nitrogens with zero attached hydrogens (tertiary/aromatic N) is 1. The molecule has 0 atom stereocenters. The minimum atomic E-state index is -0.386. The molecule has 0 amide bonds. The average molecular weight is 294 g/mol. The van der Waals surface area contributed by atoms with E-state index in [-0.39, 0.29) is 5.82 Å². The quantitative estimate of drug-likeness (QED) is 0.738. The summed E-state index contributed by atoms with van der Waals surface area (Å²) in [6, 6.07) is 16.6. The van der Waals surface area contributed by atoms with Crippen LogP contribution in [0.1, 0.15) is 5.56 Å². The van der Waals surface area contributed by atoms with Gasteiger partial charge in [-0.1, -0.05) is 30.3 Å². The molecule has 4 heteroatoms. The van der Waals surface area contributed by atoms with Gasteiger partial charge in [-0.2, -0.15) is 0 Å². The first-order valence-electron chi connectivity index (χ1n) is 6.89. The highest BCUT2D eigenvalue weighted by Crippen LogP contribution is 2.32. The highest BCUT2D eigenvalue weighted by Gasteiger charge is 2.09. The summed E-state index contributed by atoms with van der Waals surface area (Å²) in [6.45, 7) is 0.417. The van der Waals surface area contributed by atoms with Crippen LogP contribution in [0.15, 0.2) is 67.0 Å². The molecule has 0 fully saturated rings. The van der Waals surface area contributed by atoms with Crippen molar-refractivity contribution in [2.75, 3.05) is 5.73 Å². The summed E-state index contributed by atoms with van der Waals surface area (Å²) in [4.78, 5) is 3.88. The smallest absolute Gasteiger partial charge is 0.142 e. The van der Waals surface area contributed by atoms with Crippen molar-refractivity contribution in [1.29, 1.82) is 0 Å².